The highest BCUT2D eigenvalue weighted by Crippen LogP contribution is 2.41. The summed E-state index contributed by atoms with van der Waals surface area (Å²) in [6, 6.07) is 6.12. The molecule has 3 aromatic rings. The van der Waals surface area contributed by atoms with Crippen molar-refractivity contribution >= 4 is 11.7 Å². The Morgan fingerprint density at radius 2 is 1.91 bits per heavy atom. The third-order valence-corrected chi connectivity index (χ3v) is 6.08. The molecule has 1 unspecified atom stereocenters. The highest BCUT2D eigenvalue weighted by Gasteiger charge is 2.42. The van der Waals surface area contributed by atoms with Gasteiger partial charge in [0.2, 0.25) is 0 Å². The monoisotopic (exact) mass is 445 g/mol. The number of aryl methyl sites for hydroxylation is 1. The lowest BCUT2D eigenvalue weighted by molar-refractivity contribution is -0.125. The van der Waals surface area contributed by atoms with Crippen LogP contribution in [0.1, 0.15) is 52.9 Å². The van der Waals surface area contributed by atoms with Gasteiger partial charge >= 0.3 is 0 Å². The number of hydrogen-bond acceptors (Lipinski definition) is 7. The van der Waals surface area contributed by atoms with E-state index in [1.807, 2.05) is 32.9 Å². The van der Waals surface area contributed by atoms with Crippen molar-refractivity contribution in [1.82, 2.24) is 25.3 Å². The summed E-state index contributed by atoms with van der Waals surface area (Å²) in [6.07, 6.45) is 7.08. The summed E-state index contributed by atoms with van der Waals surface area (Å²) in [4.78, 5) is 43.2. The van der Waals surface area contributed by atoms with E-state index in [-0.39, 0.29) is 17.4 Å². The SMILES string of the molecule is COCCNC(=O)c1cncc(C2Cc3cc(-c4cnc(C)nc4)ccc3C(C)(C)C2=O)n1. The van der Waals surface area contributed by atoms with Crippen molar-refractivity contribution in [2.75, 3.05) is 20.3 Å². The topological polar surface area (TPSA) is 107 Å². The fourth-order valence-electron chi connectivity index (χ4n) is 4.23. The highest BCUT2D eigenvalue weighted by molar-refractivity contribution is 5.97. The number of hydrogen-bond donors (Lipinski definition) is 1. The summed E-state index contributed by atoms with van der Waals surface area (Å²) >= 11 is 0. The number of fused-ring (bicyclic) bond motifs is 1. The first kappa shape index (κ1) is 22.7. The van der Waals surface area contributed by atoms with Crippen LogP contribution in [-0.2, 0) is 21.4 Å². The Bertz CT molecular complexity index is 1190. The molecule has 170 valence electrons. The highest BCUT2D eigenvalue weighted by atomic mass is 16.5. The zero-order valence-corrected chi connectivity index (χ0v) is 19.3. The lowest BCUT2D eigenvalue weighted by Gasteiger charge is -2.36. The number of ether oxygens (including phenoxy) is 1. The number of rotatable bonds is 6. The zero-order chi connectivity index (χ0) is 23.6. The second-order valence-electron chi connectivity index (χ2n) is 8.71. The van der Waals surface area contributed by atoms with Gasteiger partial charge in [0.25, 0.3) is 5.91 Å². The number of benzene rings is 1. The van der Waals surface area contributed by atoms with Gasteiger partial charge in [-0.2, -0.15) is 0 Å². The Balaban J connectivity index is 1.67. The maximum Gasteiger partial charge on any atom is 0.271 e. The van der Waals surface area contributed by atoms with Gasteiger partial charge in [0.15, 0.2) is 5.78 Å². The second kappa shape index (κ2) is 9.15. The molecule has 0 bridgehead atoms. The minimum absolute atomic E-state index is 0.0626. The predicted octanol–water partition coefficient (Wildman–Crippen LogP) is 2.80. The van der Waals surface area contributed by atoms with Crippen molar-refractivity contribution in [3.8, 4) is 11.1 Å². The number of Topliss-reactive ketones (excluding diaryl/α,β-unsaturated/α-hetero) is 1. The van der Waals surface area contributed by atoms with E-state index in [0.717, 1.165) is 22.3 Å². The van der Waals surface area contributed by atoms with E-state index in [4.69, 9.17) is 4.74 Å². The number of ketones is 1. The average molecular weight is 446 g/mol. The Kier molecular flexibility index (Phi) is 6.29. The largest absolute Gasteiger partial charge is 0.383 e. The molecule has 1 aromatic carbocycles. The molecular weight excluding hydrogens is 418 g/mol. The average Bonchev–Trinajstić information content (AvgIpc) is 2.82. The number of nitrogens with one attached hydrogen (secondary N) is 1. The Hall–Kier alpha value is -3.52. The minimum Gasteiger partial charge on any atom is -0.383 e. The van der Waals surface area contributed by atoms with E-state index in [2.05, 4.69) is 31.3 Å². The predicted molar refractivity (Wildman–Crippen MR) is 123 cm³/mol. The minimum atomic E-state index is -0.695. The van der Waals surface area contributed by atoms with Crippen LogP contribution in [0, 0.1) is 6.92 Å². The van der Waals surface area contributed by atoms with Crippen molar-refractivity contribution in [2.24, 2.45) is 0 Å². The van der Waals surface area contributed by atoms with Gasteiger partial charge in [-0.15, -0.1) is 0 Å². The number of nitrogens with zero attached hydrogens (tertiary/aromatic N) is 4. The fourth-order valence-corrected chi connectivity index (χ4v) is 4.23. The summed E-state index contributed by atoms with van der Waals surface area (Å²) in [5, 5.41) is 2.74. The van der Waals surface area contributed by atoms with Crippen LogP contribution in [-0.4, -0.2) is 51.9 Å². The molecule has 1 N–H and O–H groups in total. The number of carbonyl (C=O) groups is 2. The fraction of sp³-hybridized carbons (Fsp3) is 0.360. The molecule has 0 fully saturated rings. The lowest BCUT2D eigenvalue weighted by atomic mass is 9.66. The number of carbonyl (C=O) groups excluding carboxylic acids is 2. The molecular formula is C25H27N5O3. The Labute approximate surface area is 192 Å². The summed E-state index contributed by atoms with van der Waals surface area (Å²) in [7, 11) is 1.57. The van der Waals surface area contributed by atoms with Crippen molar-refractivity contribution in [3.63, 3.8) is 0 Å². The molecule has 0 saturated carbocycles. The number of aromatic nitrogens is 4. The van der Waals surface area contributed by atoms with Crippen molar-refractivity contribution in [1.29, 1.82) is 0 Å². The standard InChI is InChI=1S/C25H27N5O3/c1-15-28-11-18(12-29-15)16-5-6-20-17(9-16)10-19(23(31)25(20,2)3)21-13-26-14-22(30-21)24(32)27-7-8-33-4/h5-6,9,11-14,19H,7-8,10H2,1-4H3,(H,27,32). The molecule has 1 aliphatic rings. The molecule has 0 spiro atoms. The van der Waals surface area contributed by atoms with Crippen molar-refractivity contribution < 1.29 is 14.3 Å². The van der Waals surface area contributed by atoms with Gasteiger partial charge in [-0.25, -0.2) is 15.0 Å². The summed E-state index contributed by atoms with van der Waals surface area (Å²) in [5.74, 6) is -0.0527. The van der Waals surface area contributed by atoms with E-state index in [1.165, 1.54) is 6.20 Å². The van der Waals surface area contributed by atoms with E-state index in [1.54, 1.807) is 25.7 Å². The molecule has 4 rings (SSSR count). The van der Waals surface area contributed by atoms with Gasteiger partial charge in [-0.3, -0.25) is 14.6 Å². The molecule has 0 radical (unpaired) electrons. The van der Waals surface area contributed by atoms with Gasteiger partial charge in [0.1, 0.15) is 11.5 Å². The second-order valence-corrected chi connectivity index (χ2v) is 8.71. The molecule has 1 aliphatic carbocycles. The van der Waals surface area contributed by atoms with Crippen molar-refractivity contribution in [2.45, 2.75) is 38.5 Å². The summed E-state index contributed by atoms with van der Waals surface area (Å²) in [6.45, 7) is 6.49. The van der Waals surface area contributed by atoms with Crippen LogP contribution < -0.4 is 5.32 Å². The third-order valence-electron chi connectivity index (χ3n) is 6.08. The molecule has 33 heavy (non-hydrogen) atoms. The molecule has 1 amide bonds. The van der Waals surface area contributed by atoms with E-state index < -0.39 is 11.3 Å². The van der Waals surface area contributed by atoms with E-state index >= 15 is 0 Å². The normalized spacial score (nSPS) is 16.8. The van der Waals surface area contributed by atoms with Crippen LogP contribution in [0.25, 0.3) is 11.1 Å². The van der Waals surface area contributed by atoms with Gasteiger partial charge < -0.3 is 10.1 Å². The smallest absolute Gasteiger partial charge is 0.271 e. The Morgan fingerprint density at radius 3 is 2.64 bits per heavy atom. The Morgan fingerprint density at radius 1 is 1.15 bits per heavy atom. The maximum absolute atomic E-state index is 13.5. The molecule has 8 heteroatoms. The lowest BCUT2D eigenvalue weighted by Crippen LogP contribution is -2.40. The molecule has 8 nitrogen and oxygen atoms in total. The van der Waals surface area contributed by atoms with Crippen LogP contribution in [0.4, 0.5) is 0 Å². The van der Waals surface area contributed by atoms with Crippen LogP contribution in [0.3, 0.4) is 0 Å². The van der Waals surface area contributed by atoms with Gasteiger partial charge in [-0.1, -0.05) is 18.2 Å². The quantitative estimate of drug-likeness (QED) is 0.582. The van der Waals surface area contributed by atoms with Gasteiger partial charge in [0, 0.05) is 43.2 Å². The molecule has 0 saturated heterocycles. The third kappa shape index (κ3) is 4.52. The number of amides is 1. The number of methoxy groups -OCH3 is 1. The summed E-state index contributed by atoms with van der Waals surface area (Å²) < 4.78 is 4.96. The molecule has 1 atom stereocenters. The van der Waals surface area contributed by atoms with Gasteiger partial charge in [0.05, 0.1) is 24.4 Å². The maximum atomic E-state index is 13.5. The molecule has 2 aromatic heterocycles. The molecule has 0 aliphatic heterocycles. The van der Waals surface area contributed by atoms with Gasteiger partial charge in [-0.05, 0) is 43.9 Å². The molecule has 2 heterocycles. The zero-order valence-electron chi connectivity index (χ0n) is 19.3. The first-order chi connectivity index (χ1) is 15.8. The van der Waals surface area contributed by atoms with E-state index in [9.17, 15) is 9.59 Å². The van der Waals surface area contributed by atoms with Crippen LogP contribution >= 0.6 is 0 Å². The van der Waals surface area contributed by atoms with Crippen LogP contribution in [0.5, 0.6) is 0 Å². The van der Waals surface area contributed by atoms with Crippen LogP contribution in [0.2, 0.25) is 0 Å². The first-order valence-corrected chi connectivity index (χ1v) is 10.9. The van der Waals surface area contributed by atoms with Crippen LogP contribution in [0.15, 0.2) is 43.0 Å². The first-order valence-electron chi connectivity index (χ1n) is 10.9. The van der Waals surface area contributed by atoms with E-state index in [0.29, 0.717) is 31.1 Å². The van der Waals surface area contributed by atoms with Crippen molar-refractivity contribution in [3.05, 3.63) is 71.3 Å². The summed E-state index contributed by atoms with van der Waals surface area (Å²) in [5.41, 5.74) is 3.98.